The molecule has 0 aromatic heterocycles. The maximum absolute atomic E-state index is 12.9. The number of benzene rings is 1. The third-order valence-corrected chi connectivity index (χ3v) is 6.61. The average Bonchev–Trinajstić information content (AvgIpc) is 2.98. The van der Waals surface area contributed by atoms with Gasteiger partial charge in [-0.1, -0.05) is 38.1 Å². The SMILES string of the molecule is C=C1CCC(N2Cc3cc(CC4CCCCC4NC)ccc3C2=O)C(=C)N1. The first-order chi connectivity index (χ1) is 13.1. The van der Waals surface area contributed by atoms with Crippen molar-refractivity contribution in [2.75, 3.05) is 7.05 Å². The van der Waals surface area contributed by atoms with E-state index in [4.69, 9.17) is 0 Å². The van der Waals surface area contributed by atoms with Crippen LogP contribution < -0.4 is 10.6 Å². The Bertz CT molecular complexity index is 769. The Hall–Kier alpha value is -2.07. The molecule has 2 aliphatic heterocycles. The number of nitrogens with zero attached hydrogens (tertiary/aromatic N) is 1. The van der Waals surface area contributed by atoms with Crippen LogP contribution in [0.1, 0.15) is 60.0 Å². The molecule has 4 rings (SSSR count). The second kappa shape index (κ2) is 7.51. The highest BCUT2D eigenvalue weighted by molar-refractivity contribution is 5.98. The Morgan fingerprint density at radius 1 is 1.22 bits per heavy atom. The van der Waals surface area contributed by atoms with Gasteiger partial charge in [-0.05, 0) is 62.3 Å². The number of nitrogens with one attached hydrogen (secondary N) is 2. The van der Waals surface area contributed by atoms with E-state index in [1.807, 2.05) is 11.0 Å². The molecule has 1 amide bonds. The molecular weight excluding hydrogens is 334 g/mol. The lowest BCUT2D eigenvalue weighted by Crippen LogP contribution is -2.43. The summed E-state index contributed by atoms with van der Waals surface area (Å²) in [4.78, 5) is 14.9. The molecule has 2 heterocycles. The lowest BCUT2D eigenvalue weighted by Gasteiger charge is -2.34. The Labute approximate surface area is 162 Å². The van der Waals surface area contributed by atoms with Crippen LogP contribution in [0, 0.1) is 5.92 Å². The van der Waals surface area contributed by atoms with E-state index in [0.717, 1.165) is 36.2 Å². The number of allylic oxidation sites excluding steroid dienone is 1. The first kappa shape index (κ1) is 18.3. The number of piperidine rings is 1. The summed E-state index contributed by atoms with van der Waals surface area (Å²) >= 11 is 0. The van der Waals surface area contributed by atoms with E-state index < -0.39 is 0 Å². The minimum absolute atomic E-state index is 0.0610. The minimum Gasteiger partial charge on any atom is -0.362 e. The number of carbonyl (C=O) groups excluding carboxylic acids is 1. The van der Waals surface area contributed by atoms with Crippen LogP contribution in [0.2, 0.25) is 0 Å². The molecular formula is C23H31N3O. The van der Waals surface area contributed by atoms with E-state index in [0.29, 0.717) is 18.5 Å². The van der Waals surface area contributed by atoms with Gasteiger partial charge >= 0.3 is 0 Å². The predicted molar refractivity (Wildman–Crippen MR) is 109 cm³/mol. The molecule has 3 aliphatic rings. The standard InChI is InChI=1S/C23H31N3O/c1-15-8-11-22(16(2)25-15)26-14-19-13-17(9-10-20(19)23(26)27)12-18-6-4-5-7-21(18)24-3/h9-10,13,18,21-22,24-25H,1-2,4-8,11-12,14H2,3H3. The van der Waals surface area contributed by atoms with Gasteiger partial charge in [0.25, 0.3) is 5.91 Å². The summed E-state index contributed by atoms with van der Waals surface area (Å²) in [6, 6.07) is 7.16. The van der Waals surface area contributed by atoms with E-state index in [1.165, 1.54) is 36.8 Å². The third-order valence-electron chi connectivity index (χ3n) is 6.61. The summed E-state index contributed by atoms with van der Waals surface area (Å²) < 4.78 is 0. The summed E-state index contributed by atoms with van der Waals surface area (Å²) in [5, 5.41) is 6.75. The highest BCUT2D eigenvalue weighted by Gasteiger charge is 2.35. The molecule has 4 heteroatoms. The second-order valence-corrected chi connectivity index (χ2v) is 8.38. The number of amides is 1. The molecule has 1 saturated carbocycles. The van der Waals surface area contributed by atoms with Crippen LogP contribution in [0.3, 0.4) is 0 Å². The Morgan fingerprint density at radius 3 is 2.81 bits per heavy atom. The first-order valence-electron chi connectivity index (χ1n) is 10.3. The van der Waals surface area contributed by atoms with E-state index >= 15 is 0 Å². The Kier molecular flexibility index (Phi) is 5.09. The Morgan fingerprint density at radius 2 is 2.04 bits per heavy atom. The van der Waals surface area contributed by atoms with Crippen LogP contribution in [0.5, 0.6) is 0 Å². The zero-order valence-corrected chi connectivity index (χ0v) is 16.4. The fraction of sp³-hybridized carbons (Fsp3) is 0.522. The van der Waals surface area contributed by atoms with Gasteiger partial charge in [-0.15, -0.1) is 0 Å². The van der Waals surface area contributed by atoms with Gasteiger partial charge in [0.15, 0.2) is 0 Å². The zero-order valence-electron chi connectivity index (χ0n) is 16.4. The van der Waals surface area contributed by atoms with Crippen molar-refractivity contribution in [1.29, 1.82) is 0 Å². The maximum atomic E-state index is 12.9. The lowest BCUT2D eigenvalue weighted by molar-refractivity contribution is 0.0711. The minimum atomic E-state index is 0.0610. The molecule has 1 aromatic carbocycles. The van der Waals surface area contributed by atoms with Crippen LogP contribution in [-0.2, 0) is 13.0 Å². The zero-order chi connectivity index (χ0) is 19.0. The molecule has 0 bridgehead atoms. The van der Waals surface area contributed by atoms with Crippen molar-refractivity contribution in [2.24, 2.45) is 5.92 Å². The predicted octanol–water partition coefficient (Wildman–Crippen LogP) is 3.74. The van der Waals surface area contributed by atoms with E-state index in [2.05, 4.69) is 43.0 Å². The second-order valence-electron chi connectivity index (χ2n) is 8.38. The van der Waals surface area contributed by atoms with Gasteiger partial charge in [0.2, 0.25) is 0 Å². The normalized spacial score (nSPS) is 28.3. The molecule has 4 nitrogen and oxygen atoms in total. The van der Waals surface area contributed by atoms with Gasteiger partial charge in [0, 0.05) is 29.5 Å². The molecule has 1 saturated heterocycles. The van der Waals surface area contributed by atoms with Crippen molar-refractivity contribution in [2.45, 2.75) is 63.6 Å². The number of hydrogen-bond acceptors (Lipinski definition) is 3. The highest BCUT2D eigenvalue weighted by atomic mass is 16.2. The molecule has 2 fully saturated rings. The van der Waals surface area contributed by atoms with E-state index in [1.54, 1.807) is 0 Å². The summed E-state index contributed by atoms with van der Waals surface area (Å²) in [7, 11) is 2.09. The van der Waals surface area contributed by atoms with Crippen LogP contribution >= 0.6 is 0 Å². The Balaban J connectivity index is 1.49. The highest BCUT2D eigenvalue weighted by Crippen LogP contribution is 2.33. The van der Waals surface area contributed by atoms with Crippen molar-refractivity contribution in [3.05, 3.63) is 59.4 Å². The van der Waals surface area contributed by atoms with Crippen LogP contribution in [-0.4, -0.2) is 29.9 Å². The number of hydrogen-bond donors (Lipinski definition) is 2. The maximum Gasteiger partial charge on any atom is 0.255 e. The topological polar surface area (TPSA) is 44.4 Å². The number of carbonyl (C=O) groups is 1. The molecule has 144 valence electrons. The van der Waals surface area contributed by atoms with Gasteiger partial charge in [-0.2, -0.15) is 0 Å². The van der Waals surface area contributed by atoms with Crippen molar-refractivity contribution >= 4 is 5.91 Å². The average molecular weight is 366 g/mol. The quantitative estimate of drug-likeness (QED) is 0.854. The van der Waals surface area contributed by atoms with E-state index in [9.17, 15) is 4.79 Å². The van der Waals surface area contributed by atoms with Gasteiger partial charge in [0.05, 0.1) is 6.04 Å². The summed E-state index contributed by atoms with van der Waals surface area (Å²) in [5.74, 6) is 0.839. The molecule has 3 unspecified atom stereocenters. The van der Waals surface area contributed by atoms with Crippen molar-refractivity contribution in [1.82, 2.24) is 15.5 Å². The van der Waals surface area contributed by atoms with E-state index in [-0.39, 0.29) is 11.9 Å². The van der Waals surface area contributed by atoms with Gasteiger partial charge in [-0.3, -0.25) is 4.79 Å². The fourth-order valence-electron chi connectivity index (χ4n) is 5.11. The van der Waals surface area contributed by atoms with Crippen LogP contribution in [0.25, 0.3) is 0 Å². The smallest absolute Gasteiger partial charge is 0.255 e. The summed E-state index contributed by atoms with van der Waals surface area (Å²) in [6.45, 7) is 8.81. The first-order valence-corrected chi connectivity index (χ1v) is 10.3. The van der Waals surface area contributed by atoms with Crippen LogP contribution in [0.15, 0.2) is 42.8 Å². The monoisotopic (exact) mass is 365 g/mol. The molecule has 1 aromatic rings. The largest absolute Gasteiger partial charge is 0.362 e. The lowest BCUT2D eigenvalue weighted by atomic mass is 9.80. The fourth-order valence-corrected chi connectivity index (χ4v) is 5.11. The van der Waals surface area contributed by atoms with Crippen molar-refractivity contribution in [3.63, 3.8) is 0 Å². The number of rotatable bonds is 4. The van der Waals surface area contributed by atoms with Crippen molar-refractivity contribution < 1.29 is 4.79 Å². The van der Waals surface area contributed by atoms with Crippen molar-refractivity contribution in [3.8, 4) is 0 Å². The molecule has 0 spiro atoms. The molecule has 1 aliphatic carbocycles. The third kappa shape index (κ3) is 3.55. The van der Waals surface area contributed by atoms with Crippen LogP contribution in [0.4, 0.5) is 0 Å². The van der Waals surface area contributed by atoms with Gasteiger partial charge in [-0.25, -0.2) is 0 Å². The molecule has 3 atom stereocenters. The van der Waals surface area contributed by atoms with Gasteiger partial charge < -0.3 is 15.5 Å². The molecule has 0 radical (unpaired) electrons. The molecule has 2 N–H and O–H groups in total. The summed E-state index contributed by atoms with van der Waals surface area (Å²) in [5.41, 5.74) is 5.29. The summed E-state index contributed by atoms with van der Waals surface area (Å²) in [6.07, 6.45) is 8.14. The molecule has 27 heavy (non-hydrogen) atoms. The van der Waals surface area contributed by atoms with Gasteiger partial charge in [0.1, 0.15) is 0 Å². The number of fused-ring (bicyclic) bond motifs is 1.